The summed E-state index contributed by atoms with van der Waals surface area (Å²) in [5.74, 6) is -0.487. The van der Waals surface area contributed by atoms with Gasteiger partial charge < -0.3 is 4.74 Å². The van der Waals surface area contributed by atoms with Crippen molar-refractivity contribution in [2.75, 3.05) is 28.4 Å². The van der Waals surface area contributed by atoms with Gasteiger partial charge in [0, 0.05) is 0 Å². The Bertz CT molecular complexity index is 164. The van der Waals surface area contributed by atoms with Crippen LogP contribution in [0.2, 0.25) is 0 Å². The highest BCUT2D eigenvalue weighted by molar-refractivity contribution is 9.11. The van der Waals surface area contributed by atoms with Crippen molar-refractivity contribution in [3.8, 4) is 0 Å². The molecule has 0 aromatic heterocycles. The van der Waals surface area contributed by atoms with Crippen LogP contribution in [0.15, 0.2) is 0 Å². The summed E-state index contributed by atoms with van der Waals surface area (Å²) in [6.45, 7) is 0. The summed E-state index contributed by atoms with van der Waals surface area (Å²) in [6.07, 6.45) is 0. The highest BCUT2D eigenvalue weighted by atomic mass is 79.9. The SMILES string of the molecule is COC(=O)C(Br)[P+](OC)(OC)OC. The first kappa shape index (κ1) is 13.3. The van der Waals surface area contributed by atoms with Crippen molar-refractivity contribution in [2.24, 2.45) is 0 Å². The van der Waals surface area contributed by atoms with E-state index in [1.54, 1.807) is 0 Å². The Labute approximate surface area is 86.4 Å². The Balaban J connectivity index is 4.62. The molecule has 0 aromatic carbocycles. The van der Waals surface area contributed by atoms with Gasteiger partial charge in [-0.15, -0.1) is 0 Å². The smallest absolute Gasteiger partial charge is 0.436 e. The molecular weight excluding hydrogens is 263 g/mol. The van der Waals surface area contributed by atoms with Gasteiger partial charge in [-0.05, 0) is 15.9 Å². The van der Waals surface area contributed by atoms with Crippen LogP contribution in [0.5, 0.6) is 0 Å². The minimum atomic E-state index is -2.66. The van der Waals surface area contributed by atoms with Crippen LogP contribution >= 0.6 is 23.9 Å². The average Bonchev–Trinajstić information content (AvgIpc) is 2.20. The van der Waals surface area contributed by atoms with E-state index in [1.165, 1.54) is 28.4 Å². The van der Waals surface area contributed by atoms with Crippen LogP contribution in [0.4, 0.5) is 0 Å². The van der Waals surface area contributed by atoms with Gasteiger partial charge in [0.25, 0.3) is 4.57 Å². The molecule has 0 aliphatic rings. The van der Waals surface area contributed by atoms with Crippen LogP contribution in [0.1, 0.15) is 0 Å². The Morgan fingerprint density at radius 3 is 1.77 bits per heavy atom. The molecule has 1 unspecified atom stereocenters. The third kappa shape index (κ3) is 2.86. The molecule has 1 atom stereocenters. The van der Waals surface area contributed by atoms with Gasteiger partial charge >= 0.3 is 13.9 Å². The quantitative estimate of drug-likeness (QED) is 0.433. The van der Waals surface area contributed by atoms with E-state index in [2.05, 4.69) is 20.7 Å². The topological polar surface area (TPSA) is 54.0 Å². The third-order valence-electron chi connectivity index (χ3n) is 1.44. The number of hydrogen-bond acceptors (Lipinski definition) is 5. The molecule has 0 amide bonds. The van der Waals surface area contributed by atoms with Crippen molar-refractivity contribution >= 4 is 29.8 Å². The van der Waals surface area contributed by atoms with Crippen LogP contribution in [-0.2, 0) is 23.1 Å². The zero-order valence-electron chi connectivity index (χ0n) is 7.94. The van der Waals surface area contributed by atoms with Crippen LogP contribution in [0.3, 0.4) is 0 Å². The fourth-order valence-electron chi connectivity index (χ4n) is 0.728. The number of rotatable bonds is 5. The lowest BCUT2D eigenvalue weighted by Gasteiger charge is -2.19. The van der Waals surface area contributed by atoms with Crippen molar-refractivity contribution in [1.82, 2.24) is 0 Å². The van der Waals surface area contributed by atoms with Crippen molar-refractivity contribution in [1.29, 1.82) is 0 Å². The molecule has 0 aromatic rings. The molecule has 0 radical (unpaired) electrons. The first-order valence-electron chi connectivity index (χ1n) is 3.35. The molecule has 7 heteroatoms. The number of alkyl halides is 1. The van der Waals surface area contributed by atoms with Gasteiger partial charge in [-0.1, -0.05) is 0 Å². The van der Waals surface area contributed by atoms with Crippen LogP contribution in [0.25, 0.3) is 0 Å². The zero-order chi connectivity index (χ0) is 10.5. The summed E-state index contributed by atoms with van der Waals surface area (Å²) in [7, 11) is 2.87. The number of hydrogen-bond donors (Lipinski definition) is 0. The number of methoxy groups -OCH3 is 1. The predicted octanol–water partition coefficient (Wildman–Crippen LogP) is 1.58. The summed E-state index contributed by atoms with van der Waals surface area (Å²) < 4.78 is 18.9. The molecule has 0 aliphatic heterocycles. The Kier molecular flexibility index (Phi) is 6.00. The molecular formula is C6H13BrO5P+. The van der Waals surface area contributed by atoms with Crippen molar-refractivity contribution in [3.63, 3.8) is 0 Å². The highest BCUT2D eigenvalue weighted by Crippen LogP contribution is 2.66. The maximum absolute atomic E-state index is 11.2. The lowest BCUT2D eigenvalue weighted by atomic mass is 10.8. The number of carbonyl (C=O) groups is 1. The molecule has 0 bridgehead atoms. The molecule has 0 saturated carbocycles. The van der Waals surface area contributed by atoms with Gasteiger partial charge in [-0.2, -0.15) is 13.6 Å². The monoisotopic (exact) mass is 275 g/mol. The summed E-state index contributed by atoms with van der Waals surface area (Å²) in [5.41, 5.74) is 0. The molecule has 0 heterocycles. The minimum absolute atomic E-state index is 0.487. The summed E-state index contributed by atoms with van der Waals surface area (Å²) >= 11 is 3.11. The molecule has 13 heavy (non-hydrogen) atoms. The highest BCUT2D eigenvalue weighted by Gasteiger charge is 2.55. The molecule has 0 rings (SSSR count). The maximum atomic E-state index is 11.2. The van der Waals surface area contributed by atoms with Gasteiger partial charge in [0.1, 0.15) is 0 Å². The van der Waals surface area contributed by atoms with E-state index in [0.717, 1.165) is 0 Å². The maximum Gasteiger partial charge on any atom is 0.436 e. The first-order chi connectivity index (χ1) is 6.07. The van der Waals surface area contributed by atoms with Crippen molar-refractivity contribution < 1.29 is 23.1 Å². The Hall–Kier alpha value is 0.260. The van der Waals surface area contributed by atoms with Gasteiger partial charge in [-0.3, -0.25) is 0 Å². The van der Waals surface area contributed by atoms with E-state index in [4.69, 9.17) is 13.6 Å². The second-order valence-corrected chi connectivity index (χ2v) is 6.26. The number of esters is 1. The zero-order valence-corrected chi connectivity index (χ0v) is 10.4. The lowest BCUT2D eigenvalue weighted by Crippen LogP contribution is -2.22. The number of ether oxygens (including phenoxy) is 1. The lowest BCUT2D eigenvalue weighted by molar-refractivity contribution is -0.138. The second-order valence-electron chi connectivity index (χ2n) is 1.95. The Morgan fingerprint density at radius 1 is 1.15 bits per heavy atom. The van der Waals surface area contributed by atoms with E-state index in [1.807, 2.05) is 0 Å². The van der Waals surface area contributed by atoms with Gasteiger partial charge in [0.15, 0.2) is 0 Å². The summed E-state index contributed by atoms with van der Waals surface area (Å²) in [6, 6.07) is 0. The molecule has 0 saturated heterocycles. The van der Waals surface area contributed by atoms with Crippen LogP contribution < -0.4 is 0 Å². The molecule has 0 N–H and O–H groups in total. The van der Waals surface area contributed by atoms with E-state index < -0.39 is 18.5 Å². The number of carbonyl (C=O) groups excluding carboxylic acids is 1. The molecule has 78 valence electrons. The summed E-state index contributed by atoms with van der Waals surface area (Å²) in [5, 5.41) is 0. The van der Waals surface area contributed by atoms with Crippen LogP contribution in [0, 0.1) is 0 Å². The molecule has 0 fully saturated rings. The number of halogens is 1. The summed E-state index contributed by atoms with van der Waals surface area (Å²) in [4.78, 5) is 11.2. The van der Waals surface area contributed by atoms with Gasteiger partial charge in [0.05, 0.1) is 28.4 Å². The van der Waals surface area contributed by atoms with Crippen LogP contribution in [-0.4, -0.2) is 39.0 Å². The first-order valence-corrected chi connectivity index (χ1v) is 5.88. The molecule has 0 spiro atoms. The van der Waals surface area contributed by atoms with E-state index in [-0.39, 0.29) is 0 Å². The Morgan fingerprint density at radius 2 is 1.54 bits per heavy atom. The minimum Gasteiger partial charge on any atom is -0.465 e. The van der Waals surface area contributed by atoms with E-state index in [0.29, 0.717) is 0 Å². The normalized spacial score (nSPS) is 13.9. The fraction of sp³-hybridized carbons (Fsp3) is 0.833. The van der Waals surface area contributed by atoms with Gasteiger partial charge in [-0.25, -0.2) is 4.79 Å². The van der Waals surface area contributed by atoms with E-state index in [9.17, 15) is 4.79 Å². The van der Waals surface area contributed by atoms with Crippen molar-refractivity contribution in [2.45, 2.75) is 4.57 Å². The fourth-order valence-corrected chi connectivity index (χ4v) is 3.79. The standard InChI is InChI=1S/C6H13BrO5P/c1-9-6(8)5(7)13(10-2,11-3)12-4/h5H,1-4H3/q+1. The molecule has 0 aliphatic carbocycles. The largest absolute Gasteiger partial charge is 0.465 e. The predicted molar refractivity (Wildman–Crippen MR) is 52.7 cm³/mol. The van der Waals surface area contributed by atoms with Gasteiger partial charge in [0.2, 0.25) is 0 Å². The molecule has 5 nitrogen and oxygen atoms in total. The van der Waals surface area contributed by atoms with Crippen molar-refractivity contribution in [3.05, 3.63) is 0 Å². The third-order valence-corrected chi connectivity index (χ3v) is 5.61. The second kappa shape index (κ2) is 5.88. The average molecular weight is 276 g/mol. The van der Waals surface area contributed by atoms with E-state index >= 15 is 0 Å².